The summed E-state index contributed by atoms with van der Waals surface area (Å²) in [5.74, 6) is -0.549. The summed E-state index contributed by atoms with van der Waals surface area (Å²) < 4.78 is 4.84. The van der Waals surface area contributed by atoms with Crippen LogP contribution in [0.2, 0.25) is 0 Å². The Balaban J connectivity index is 1.67. The van der Waals surface area contributed by atoms with E-state index in [1.807, 2.05) is 44.2 Å². The number of aromatic nitrogens is 2. The Labute approximate surface area is 171 Å². The second-order valence-corrected chi connectivity index (χ2v) is 8.43. The van der Waals surface area contributed by atoms with Crippen LogP contribution in [-0.4, -0.2) is 40.7 Å². The van der Waals surface area contributed by atoms with Crippen molar-refractivity contribution in [2.24, 2.45) is 0 Å². The van der Waals surface area contributed by atoms with Crippen molar-refractivity contribution in [3.05, 3.63) is 52.7 Å². The minimum absolute atomic E-state index is 0.155. The van der Waals surface area contributed by atoms with Crippen LogP contribution in [0.15, 0.2) is 41.7 Å². The molecule has 2 aromatic heterocycles. The van der Waals surface area contributed by atoms with Crippen molar-refractivity contribution in [2.75, 3.05) is 12.9 Å². The monoisotopic (exact) mass is 415 g/mol. The zero-order valence-electron chi connectivity index (χ0n) is 15.9. The molecule has 3 aromatic rings. The third kappa shape index (κ3) is 4.69. The average Bonchev–Trinajstić information content (AvgIpc) is 3.00. The standard InChI is InChI=1S/C20H21N3O3S2/c1-12-13(2)28-19-17(12)18(21-11-22-19)27-10-16(24)23-15(20(25)26-3)9-14-7-5-4-6-8-14/h4-8,11,15H,9-10H2,1-3H3,(H,23,24). The molecule has 1 aromatic carbocycles. The molecule has 1 atom stereocenters. The van der Waals surface area contributed by atoms with Gasteiger partial charge < -0.3 is 10.1 Å². The van der Waals surface area contributed by atoms with E-state index in [-0.39, 0.29) is 11.7 Å². The fraction of sp³-hybridized carbons (Fsp3) is 0.300. The van der Waals surface area contributed by atoms with E-state index in [0.717, 1.165) is 26.4 Å². The van der Waals surface area contributed by atoms with E-state index in [2.05, 4.69) is 15.3 Å². The van der Waals surface area contributed by atoms with Crippen molar-refractivity contribution in [1.82, 2.24) is 15.3 Å². The van der Waals surface area contributed by atoms with Crippen LogP contribution >= 0.6 is 23.1 Å². The number of nitrogens with zero attached hydrogens (tertiary/aromatic N) is 2. The molecule has 1 unspecified atom stereocenters. The van der Waals surface area contributed by atoms with Gasteiger partial charge in [-0.1, -0.05) is 42.1 Å². The third-order valence-electron chi connectivity index (χ3n) is 4.37. The molecular formula is C20H21N3O3S2. The average molecular weight is 416 g/mol. The largest absolute Gasteiger partial charge is 0.467 e. The minimum Gasteiger partial charge on any atom is -0.467 e. The van der Waals surface area contributed by atoms with Crippen molar-refractivity contribution in [1.29, 1.82) is 0 Å². The number of carbonyl (C=O) groups is 2. The molecule has 1 amide bonds. The molecule has 0 radical (unpaired) electrons. The summed E-state index contributed by atoms with van der Waals surface area (Å²) >= 11 is 2.96. The fourth-order valence-corrected chi connectivity index (χ4v) is 4.74. The first kappa shape index (κ1) is 20.3. The number of esters is 1. The van der Waals surface area contributed by atoms with Gasteiger partial charge in [0, 0.05) is 16.7 Å². The summed E-state index contributed by atoms with van der Waals surface area (Å²) in [6.45, 7) is 4.09. The highest BCUT2D eigenvalue weighted by atomic mass is 32.2. The molecule has 0 aliphatic carbocycles. The van der Waals surface area contributed by atoms with E-state index in [4.69, 9.17) is 4.74 Å². The molecule has 1 N–H and O–H groups in total. The van der Waals surface area contributed by atoms with Crippen molar-refractivity contribution in [3.63, 3.8) is 0 Å². The molecule has 146 valence electrons. The van der Waals surface area contributed by atoms with E-state index in [9.17, 15) is 9.59 Å². The molecule has 0 aliphatic rings. The first-order valence-electron chi connectivity index (χ1n) is 8.74. The van der Waals surface area contributed by atoms with E-state index in [1.54, 1.807) is 11.3 Å². The van der Waals surface area contributed by atoms with Gasteiger partial charge in [0.1, 0.15) is 22.2 Å². The molecule has 0 bridgehead atoms. The predicted molar refractivity (Wildman–Crippen MR) is 112 cm³/mol. The predicted octanol–water partition coefficient (Wildman–Crippen LogP) is 3.30. The number of methoxy groups -OCH3 is 1. The number of fused-ring (bicyclic) bond motifs is 1. The Kier molecular flexibility index (Phi) is 6.64. The van der Waals surface area contributed by atoms with Gasteiger partial charge in [0.25, 0.3) is 0 Å². The normalized spacial score (nSPS) is 12.0. The maximum atomic E-state index is 12.5. The lowest BCUT2D eigenvalue weighted by Gasteiger charge is -2.16. The fourth-order valence-electron chi connectivity index (χ4n) is 2.81. The number of ether oxygens (including phenoxy) is 1. The van der Waals surface area contributed by atoms with Gasteiger partial charge in [-0.25, -0.2) is 14.8 Å². The number of carbonyl (C=O) groups excluding carboxylic acids is 2. The van der Waals surface area contributed by atoms with Gasteiger partial charge in [0.05, 0.1) is 12.9 Å². The number of aryl methyl sites for hydroxylation is 2. The summed E-state index contributed by atoms with van der Waals surface area (Å²) in [6.07, 6.45) is 1.90. The first-order chi connectivity index (χ1) is 13.5. The van der Waals surface area contributed by atoms with Gasteiger partial charge in [-0.05, 0) is 25.0 Å². The number of nitrogens with one attached hydrogen (secondary N) is 1. The molecule has 6 nitrogen and oxygen atoms in total. The van der Waals surface area contributed by atoms with Crippen LogP contribution in [-0.2, 0) is 20.7 Å². The van der Waals surface area contributed by atoms with Gasteiger partial charge in [-0.2, -0.15) is 0 Å². The number of rotatable bonds is 7. The summed E-state index contributed by atoms with van der Waals surface area (Å²) in [4.78, 5) is 35.3. The molecule has 28 heavy (non-hydrogen) atoms. The van der Waals surface area contributed by atoms with Crippen LogP contribution in [0.25, 0.3) is 10.2 Å². The van der Waals surface area contributed by atoms with Crippen LogP contribution < -0.4 is 5.32 Å². The zero-order chi connectivity index (χ0) is 20.1. The van der Waals surface area contributed by atoms with Crippen LogP contribution in [0.5, 0.6) is 0 Å². The zero-order valence-corrected chi connectivity index (χ0v) is 17.5. The number of hydrogen-bond acceptors (Lipinski definition) is 7. The Morgan fingerprint density at radius 3 is 2.68 bits per heavy atom. The van der Waals surface area contributed by atoms with Gasteiger partial charge >= 0.3 is 5.97 Å². The van der Waals surface area contributed by atoms with Crippen molar-refractivity contribution < 1.29 is 14.3 Å². The van der Waals surface area contributed by atoms with Crippen LogP contribution in [0.3, 0.4) is 0 Å². The smallest absolute Gasteiger partial charge is 0.328 e. The Hall–Kier alpha value is -2.45. The van der Waals surface area contributed by atoms with E-state index >= 15 is 0 Å². The Bertz CT molecular complexity index is 989. The number of thiophene rings is 1. The maximum Gasteiger partial charge on any atom is 0.328 e. The summed E-state index contributed by atoms with van der Waals surface area (Å²) in [6, 6.07) is 8.80. The van der Waals surface area contributed by atoms with Gasteiger partial charge in [0.2, 0.25) is 5.91 Å². The molecule has 0 saturated carbocycles. The second kappa shape index (κ2) is 9.16. The molecular weight excluding hydrogens is 394 g/mol. The van der Waals surface area contributed by atoms with Crippen molar-refractivity contribution in [3.8, 4) is 0 Å². The summed E-state index contributed by atoms with van der Waals surface area (Å²) in [7, 11) is 1.32. The highest BCUT2D eigenvalue weighted by molar-refractivity contribution is 8.00. The number of hydrogen-bond donors (Lipinski definition) is 1. The van der Waals surface area contributed by atoms with E-state index < -0.39 is 12.0 Å². The van der Waals surface area contributed by atoms with Gasteiger partial charge in [0.15, 0.2) is 0 Å². The molecule has 2 heterocycles. The second-order valence-electron chi connectivity index (χ2n) is 6.26. The lowest BCUT2D eigenvalue weighted by molar-refractivity contribution is -0.144. The highest BCUT2D eigenvalue weighted by Crippen LogP contribution is 2.34. The maximum absolute atomic E-state index is 12.5. The van der Waals surface area contributed by atoms with Gasteiger partial charge in [-0.15, -0.1) is 11.3 Å². The number of amides is 1. The van der Waals surface area contributed by atoms with Crippen LogP contribution in [0.1, 0.15) is 16.0 Å². The highest BCUT2D eigenvalue weighted by Gasteiger charge is 2.22. The summed E-state index contributed by atoms with van der Waals surface area (Å²) in [5.41, 5.74) is 2.09. The van der Waals surface area contributed by atoms with E-state index in [0.29, 0.717) is 6.42 Å². The first-order valence-corrected chi connectivity index (χ1v) is 10.5. The molecule has 8 heteroatoms. The lowest BCUT2D eigenvalue weighted by Crippen LogP contribution is -2.43. The van der Waals surface area contributed by atoms with Crippen molar-refractivity contribution >= 4 is 45.2 Å². The van der Waals surface area contributed by atoms with E-state index in [1.165, 1.54) is 30.1 Å². The Morgan fingerprint density at radius 1 is 1.21 bits per heavy atom. The minimum atomic E-state index is -0.726. The van der Waals surface area contributed by atoms with Crippen LogP contribution in [0.4, 0.5) is 0 Å². The lowest BCUT2D eigenvalue weighted by atomic mass is 10.1. The summed E-state index contributed by atoms with van der Waals surface area (Å²) in [5, 5.41) is 4.55. The molecule has 0 fully saturated rings. The van der Waals surface area contributed by atoms with Gasteiger partial charge in [-0.3, -0.25) is 4.79 Å². The van der Waals surface area contributed by atoms with Crippen LogP contribution in [0, 0.1) is 13.8 Å². The molecule has 0 saturated heterocycles. The Morgan fingerprint density at radius 2 is 1.96 bits per heavy atom. The SMILES string of the molecule is COC(=O)C(Cc1ccccc1)NC(=O)CSc1ncnc2sc(C)c(C)c12. The number of benzene rings is 1. The third-order valence-corrected chi connectivity index (χ3v) is 6.48. The topological polar surface area (TPSA) is 81.2 Å². The quantitative estimate of drug-likeness (QED) is 0.362. The number of thioether (sulfide) groups is 1. The molecule has 3 rings (SSSR count). The van der Waals surface area contributed by atoms with Crippen molar-refractivity contribution in [2.45, 2.75) is 31.3 Å². The molecule has 0 spiro atoms. The molecule has 0 aliphatic heterocycles.